The molecular formula is C47H84NO9P. The summed E-state index contributed by atoms with van der Waals surface area (Å²) in [4.78, 5) is 47.1. The van der Waals surface area contributed by atoms with Gasteiger partial charge in [-0.25, -0.2) is 4.57 Å². The molecular weight excluding hydrogens is 753 g/mol. The van der Waals surface area contributed by atoms with E-state index in [-0.39, 0.29) is 44.8 Å². The van der Waals surface area contributed by atoms with Crippen LogP contribution >= 0.6 is 7.82 Å². The maximum Gasteiger partial charge on any atom is 0.472 e. The Morgan fingerprint density at radius 3 is 1.64 bits per heavy atom. The van der Waals surface area contributed by atoms with Gasteiger partial charge >= 0.3 is 19.8 Å². The zero-order valence-corrected chi connectivity index (χ0v) is 37.7. The van der Waals surface area contributed by atoms with Crippen LogP contribution in [0, 0.1) is 0 Å². The summed E-state index contributed by atoms with van der Waals surface area (Å²) in [6.07, 6.45) is 45.8. The van der Waals surface area contributed by atoms with Crippen molar-refractivity contribution >= 4 is 25.5 Å². The van der Waals surface area contributed by atoms with Crippen LogP contribution in [-0.2, 0) is 37.5 Å². The Hall–Kier alpha value is -2.36. The highest BCUT2D eigenvalue weighted by Crippen LogP contribution is 2.43. The number of hydrogen-bond acceptors (Lipinski definition) is 9. The molecule has 0 heterocycles. The predicted molar refractivity (Wildman–Crippen MR) is 238 cm³/mol. The molecule has 11 heteroatoms. The molecule has 336 valence electrons. The summed E-state index contributed by atoms with van der Waals surface area (Å²) >= 11 is 0. The third kappa shape index (κ3) is 41.8. The second kappa shape index (κ2) is 42.8. The van der Waals surface area contributed by atoms with Gasteiger partial charge in [0.2, 0.25) is 0 Å². The van der Waals surface area contributed by atoms with Gasteiger partial charge in [0.05, 0.1) is 13.2 Å². The average molecular weight is 838 g/mol. The van der Waals surface area contributed by atoms with Gasteiger partial charge in [-0.1, -0.05) is 185 Å². The van der Waals surface area contributed by atoms with Crippen molar-refractivity contribution in [2.45, 2.75) is 206 Å². The van der Waals surface area contributed by atoms with Crippen molar-refractivity contribution in [2.75, 3.05) is 26.4 Å². The molecule has 0 aliphatic rings. The van der Waals surface area contributed by atoms with Gasteiger partial charge in [-0.05, 0) is 44.6 Å². The molecule has 0 saturated carbocycles. The van der Waals surface area contributed by atoms with Gasteiger partial charge in [-0.2, -0.15) is 0 Å². The lowest BCUT2D eigenvalue weighted by atomic mass is 10.0. The summed E-state index contributed by atoms with van der Waals surface area (Å²) in [5, 5.41) is 0. The molecule has 0 fully saturated rings. The summed E-state index contributed by atoms with van der Waals surface area (Å²) in [6, 6.07) is 0. The summed E-state index contributed by atoms with van der Waals surface area (Å²) in [5.74, 6) is -1.18. The van der Waals surface area contributed by atoms with E-state index >= 15 is 0 Å². The van der Waals surface area contributed by atoms with E-state index in [1.165, 1.54) is 122 Å². The van der Waals surface area contributed by atoms with Crippen LogP contribution in [0.3, 0.4) is 0 Å². The topological polar surface area (TPSA) is 151 Å². The van der Waals surface area contributed by atoms with Crippen molar-refractivity contribution in [1.29, 1.82) is 0 Å². The second-order valence-corrected chi connectivity index (χ2v) is 16.8. The van der Waals surface area contributed by atoms with Crippen molar-refractivity contribution < 1.29 is 42.4 Å². The van der Waals surface area contributed by atoms with E-state index in [9.17, 15) is 23.8 Å². The quantitative estimate of drug-likeness (QED) is 0.0152. The van der Waals surface area contributed by atoms with Crippen LogP contribution in [0.4, 0.5) is 0 Å². The minimum absolute atomic E-state index is 0.00769. The number of phosphoric ester groups is 1. The molecule has 0 aliphatic carbocycles. The molecule has 1 unspecified atom stereocenters. The Kier molecular flexibility index (Phi) is 41.0. The Labute approximate surface area is 353 Å². The van der Waals surface area contributed by atoms with E-state index in [0.717, 1.165) is 38.5 Å². The van der Waals surface area contributed by atoms with Crippen LogP contribution in [0.2, 0.25) is 0 Å². The van der Waals surface area contributed by atoms with E-state index in [4.69, 9.17) is 24.3 Å². The smallest absolute Gasteiger partial charge is 0.462 e. The van der Waals surface area contributed by atoms with Crippen molar-refractivity contribution in [1.82, 2.24) is 0 Å². The molecule has 0 rings (SSSR count). The first-order valence-corrected chi connectivity index (χ1v) is 24.6. The fourth-order valence-corrected chi connectivity index (χ4v) is 7.00. The maximum absolute atomic E-state index is 12.6. The number of rotatable bonds is 43. The standard InChI is InChI=1S/C47H84NO9P/c1-3-5-7-9-11-13-15-17-18-19-20-21-22-24-26-28-30-32-34-38-47(51)57-45(43-56-58(52,53)55-41-40-48)42-54-46(50)39-35-37-44(49)36-33-31-29-27-25-23-16-14-12-10-8-6-4-2/h12,14,23,25,29,31,33,36,45H,3-11,13,15-22,24,26-28,30,32,34-35,37-43,48H2,1-2H3,(H,52,53)/b14-12-,25-23-,31-29-,36-33+/t45-/m1/s1. The molecule has 0 bridgehead atoms. The molecule has 0 aromatic heterocycles. The van der Waals surface area contributed by atoms with Gasteiger partial charge in [0.25, 0.3) is 0 Å². The monoisotopic (exact) mass is 838 g/mol. The van der Waals surface area contributed by atoms with Crippen LogP contribution in [0.5, 0.6) is 0 Å². The summed E-state index contributed by atoms with van der Waals surface area (Å²) in [5.41, 5.74) is 5.34. The molecule has 0 aromatic rings. The lowest BCUT2D eigenvalue weighted by Gasteiger charge is -2.19. The largest absolute Gasteiger partial charge is 0.472 e. The summed E-state index contributed by atoms with van der Waals surface area (Å²) in [6.45, 7) is 3.44. The number of unbranched alkanes of at least 4 members (excludes halogenated alkanes) is 21. The molecule has 10 nitrogen and oxygen atoms in total. The van der Waals surface area contributed by atoms with E-state index in [1.54, 1.807) is 6.08 Å². The molecule has 0 aliphatic heterocycles. The van der Waals surface area contributed by atoms with E-state index in [0.29, 0.717) is 12.8 Å². The average Bonchev–Trinajstić information content (AvgIpc) is 3.20. The van der Waals surface area contributed by atoms with Gasteiger partial charge < -0.3 is 20.1 Å². The molecule has 0 amide bonds. The Morgan fingerprint density at radius 1 is 0.569 bits per heavy atom. The van der Waals surface area contributed by atoms with Crippen molar-refractivity contribution in [2.24, 2.45) is 5.73 Å². The van der Waals surface area contributed by atoms with Crippen molar-refractivity contribution in [3.05, 3.63) is 48.6 Å². The third-order valence-electron chi connectivity index (χ3n) is 9.69. The van der Waals surface area contributed by atoms with Gasteiger partial charge in [-0.3, -0.25) is 23.4 Å². The predicted octanol–water partition coefficient (Wildman–Crippen LogP) is 12.7. The van der Waals surface area contributed by atoms with E-state index < -0.39 is 32.5 Å². The van der Waals surface area contributed by atoms with E-state index in [2.05, 4.69) is 38.2 Å². The van der Waals surface area contributed by atoms with Crippen molar-refractivity contribution in [3.8, 4) is 0 Å². The second-order valence-electron chi connectivity index (χ2n) is 15.3. The summed E-state index contributed by atoms with van der Waals surface area (Å²) < 4.78 is 32.6. The highest BCUT2D eigenvalue weighted by atomic mass is 31.2. The molecule has 2 atom stereocenters. The maximum atomic E-state index is 12.6. The Morgan fingerprint density at radius 2 is 1.07 bits per heavy atom. The summed E-state index contributed by atoms with van der Waals surface area (Å²) in [7, 11) is -4.43. The number of nitrogens with two attached hydrogens (primary N) is 1. The molecule has 0 aromatic carbocycles. The first kappa shape index (κ1) is 55.6. The van der Waals surface area contributed by atoms with Crippen LogP contribution < -0.4 is 5.73 Å². The van der Waals surface area contributed by atoms with Crippen LogP contribution in [0.1, 0.15) is 200 Å². The first-order valence-electron chi connectivity index (χ1n) is 23.1. The lowest BCUT2D eigenvalue weighted by Crippen LogP contribution is -2.29. The van der Waals surface area contributed by atoms with Crippen LogP contribution in [0.15, 0.2) is 48.6 Å². The van der Waals surface area contributed by atoms with Crippen LogP contribution in [0.25, 0.3) is 0 Å². The molecule has 58 heavy (non-hydrogen) atoms. The number of esters is 2. The lowest BCUT2D eigenvalue weighted by molar-refractivity contribution is -0.161. The molecule has 3 N–H and O–H groups in total. The van der Waals surface area contributed by atoms with Crippen molar-refractivity contribution in [3.63, 3.8) is 0 Å². The van der Waals surface area contributed by atoms with Crippen LogP contribution in [-0.4, -0.2) is 55.1 Å². The highest BCUT2D eigenvalue weighted by molar-refractivity contribution is 7.47. The fraction of sp³-hybridized carbons (Fsp3) is 0.766. The Balaban J connectivity index is 4.27. The normalized spacial score (nSPS) is 13.6. The molecule has 0 saturated heterocycles. The number of allylic oxidation sites excluding steroid dienone is 8. The Bertz CT molecular complexity index is 1150. The van der Waals surface area contributed by atoms with E-state index in [1.807, 2.05) is 12.2 Å². The zero-order chi connectivity index (χ0) is 42.6. The van der Waals surface area contributed by atoms with Gasteiger partial charge in [0, 0.05) is 25.8 Å². The van der Waals surface area contributed by atoms with Gasteiger partial charge in [-0.15, -0.1) is 0 Å². The number of phosphoric acid groups is 1. The number of carbonyl (C=O) groups excluding carboxylic acids is 3. The third-order valence-corrected chi connectivity index (χ3v) is 10.7. The number of ether oxygens (including phenoxy) is 2. The minimum Gasteiger partial charge on any atom is -0.462 e. The highest BCUT2D eigenvalue weighted by Gasteiger charge is 2.26. The fourth-order valence-electron chi connectivity index (χ4n) is 6.24. The SMILES string of the molecule is CCCCC/C=C\C/C=C\C/C=C\C=C\C(=O)CCCC(=O)OC[C@H](COP(=O)(O)OCCN)OC(=O)CCCCCCCCCCCCCCCCCCCCC. The minimum atomic E-state index is -4.43. The zero-order valence-electron chi connectivity index (χ0n) is 36.8. The molecule has 0 spiro atoms. The number of carbonyl (C=O) groups is 3. The first-order chi connectivity index (χ1) is 28.2. The van der Waals surface area contributed by atoms with Gasteiger partial charge in [0.1, 0.15) is 6.61 Å². The molecule has 0 radical (unpaired) electrons. The van der Waals surface area contributed by atoms with Gasteiger partial charge in [0.15, 0.2) is 11.9 Å². The number of hydrogen-bond donors (Lipinski definition) is 2. The number of ketones is 1.